The van der Waals surface area contributed by atoms with Crippen LogP contribution in [-0.4, -0.2) is 74.5 Å². The maximum atomic E-state index is 12.2. The molecular formula is C16H24N4O3S. The molecule has 0 aromatic carbocycles. The fraction of sp³-hybridized carbons (Fsp3) is 0.625. The van der Waals surface area contributed by atoms with Crippen LogP contribution >= 0.6 is 0 Å². The van der Waals surface area contributed by atoms with Crippen molar-refractivity contribution >= 4 is 21.6 Å². The zero-order chi connectivity index (χ0) is 17.2. The molecule has 132 valence electrons. The molecule has 2 saturated heterocycles. The van der Waals surface area contributed by atoms with Gasteiger partial charge in [0.25, 0.3) is 5.91 Å². The predicted molar refractivity (Wildman–Crippen MR) is 93.1 cm³/mol. The van der Waals surface area contributed by atoms with E-state index in [4.69, 9.17) is 0 Å². The van der Waals surface area contributed by atoms with Gasteiger partial charge in [0, 0.05) is 38.4 Å². The van der Waals surface area contributed by atoms with Crippen LogP contribution in [0, 0.1) is 0 Å². The highest BCUT2D eigenvalue weighted by atomic mass is 32.2. The van der Waals surface area contributed by atoms with Gasteiger partial charge in [-0.1, -0.05) is 6.92 Å². The molecule has 3 heterocycles. The van der Waals surface area contributed by atoms with E-state index in [0.29, 0.717) is 12.0 Å². The lowest BCUT2D eigenvalue weighted by molar-refractivity contribution is 0.0941. The van der Waals surface area contributed by atoms with Gasteiger partial charge >= 0.3 is 0 Å². The van der Waals surface area contributed by atoms with Crippen LogP contribution in [0.15, 0.2) is 18.3 Å². The van der Waals surface area contributed by atoms with Gasteiger partial charge in [-0.25, -0.2) is 13.4 Å². The normalized spacial score (nSPS) is 24.0. The second kappa shape index (κ2) is 7.06. The Morgan fingerprint density at radius 1 is 1.29 bits per heavy atom. The topological polar surface area (TPSA) is 82.6 Å². The molecule has 8 heteroatoms. The summed E-state index contributed by atoms with van der Waals surface area (Å²) in [6.07, 6.45) is 2.06. The van der Waals surface area contributed by atoms with Crippen LogP contribution in [0.4, 0.5) is 5.82 Å². The van der Waals surface area contributed by atoms with Gasteiger partial charge in [0.05, 0.1) is 17.1 Å². The molecule has 24 heavy (non-hydrogen) atoms. The predicted octanol–water partition coefficient (Wildman–Crippen LogP) is 0.140. The van der Waals surface area contributed by atoms with Crippen molar-refractivity contribution in [3.63, 3.8) is 0 Å². The first-order valence-corrected chi connectivity index (χ1v) is 10.2. The van der Waals surface area contributed by atoms with Crippen LogP contribution in [-0.2, 0) is 9.84 Å². The molecule has 2 aliphatic heterocycles. The molecule has 0 aliphatic carbocycles. The molecule has 0 spiro atoms. The zero-order valence-corrected chi connectivity index (χ0v) is 14.8. The Morgan fingerprint density at radius 3 is 2.58 bits per heavy atom. The molecule has 1 amide bonds. The lowest BCUT2D eigenvalue weighted by Gasteiger charge is -2.34. The molecule has 1 unspecified atom stereocenters. The molecule has 2 aliphatic rings. The van der Waals surface area contributed by atoms with Crippen LogP contribution in [0.5, 0.6) is 0 Å². The summed E-state index contributed by atoms with van der Waals surface area (Å²) >= 11 is 0. The van der Waals surface area contributed by atoms with Crippen molar-refractivity contribution in [1.82, 2.24) is 15.2 Å². The average Bonchev–Trinajstić information content (AvgIpc) is 2.93. The number of carbonyl (C=O) groups is 1. The Kier molecular flexibility index (Phi) is 5.05. The van der Waals surface area contributed by atoms with Crippen molar-refractivity contribution < 1.29 is 13.2 Å². The number of sulfone groups is 1. The monoisotopic (exact) mass is 352 g/mol. The standard InChI is InChI=1S/C16H24N4O3S/c1-2-19-6-8-20(9-7-19)15-4-3-13(11-17-15)16(21)18-14-5-10-24(22,23)12-14/h3-4,11,14H,2,5-10,12H2,1H3,(H,18,21). The average molecular weight is 352 g/mol. The van der Waals surface area contributed by atoms with Crippen molar-refractivity contribution in [2.75, 3.05) is 49.1 Å². The van der Waals surface area contributed by atoms with Gasteiger partial charge in [-0.3, -0.25) is 4.79 Å². The molecule has 0 saturated carbocycles. The number of anilines is 1. The Hall–Kier alpha value is -1.67. The smallest absolute Gasteiger partial charge is 0.253 e. The number of amides is 1. The van der Waals surface area contributed by atoms with E-state index in [0.717, 1.165) is 38.5 Å². The molecule has 1 aromatic rings. The third-order valence-electron chi connectivity index (χ3n) is 4.72. The van der Waals surface area contributed by atoms with Gasteiger partial charge in [-0.2, -0.15) is 0 Å². The molecule has 1 atom stereocenters. The van der Waals surface area contributed by atoms with E-state index in [2.05, 4.69) is 27.0 Å². The van der Waals surface area contributed by atoms with Crippen LogP contribution in [0.2, 0.25) is 0 Å². The molecule has 3 rings (SSSR count). The van der Waals surface area contributed by atoms with Gasteiger partial charge in [-0.15, -0.1) is 0 Å². The highest BCUT2D eigenvalue weighted by Gasteiger charge is 2.29. The Bertz CT molecular complexity index is 682. The number of pyridine rings is 1. The molecule has 0 radical (unpaired) electrons. The molecule has 0 bridgehead atoms. The van der Waals surface area contributed by atoms with Gasteiger partial charge in [0.15, 0.2) is 9.84 Å². The summed E-state index contributed by atoms with van der Waals surface area (Å²) in [6, 6.07) is 3.33. The zero-order valence-electron chi connectivity index (χ0n) is 13.9. The number of piperazine rings is 1. The number of likely N-dealkylation sites (N-methyl/N-ethyl adjacent to an activating group) is 1. The molecule has 1 N–H and O–H groups in total. The second-order valence-electron chi connectivity index (χ2n) is 6.40. The first-order chi connectivity index (χ1) is 11.5. The Balaban J connectivity index is 1.57. The van der Waals surface area contributed by atoms with E-state index in [1.165, 1.54) is 0 Å². The molecular weight excluding hydrogens is 328 g/mol. The summed E-state index contributed by atoms with van der Waals surface area (Å²) in [5, 5.41) is 2.78. The maximum absolute atomic E-state index is 12.2. The summed E-state index contributed by atoms with van der Waals surface area (Å²) in [5.74, 6) is 0.808. The summed E-state index contributed by atoms with van der Waals surface area (Å²) in [7, 11) is -2.99. The van der Waals surface area contributed by atoms with Crippen LogP contribution < -0.4 is 10.2 Å². The second-order valence-corrected chi connectivity index (χ2v) is 8.63. The van der Waals surface area contributed by atoms with Crippen molar-refractivity contribution in [1.29, 1.82) is 0 Å². The quantitative estimate of drug-likeness (QED) is 0.830. The minimum absolute atomic E-state index is 0.0337. The van der Waals surface area contributed by atoms with Crippen LogP contribution in [0.3, 0.4) is 0 Å². The van der Waals surface area contributed by atoms with Crippen LogP contribution in [0.25, 0.3) is 0 Å². The van der Waals surface area contributed by atoms with Crippen molar-refractivity contribution in [3.8, 4) is 0 Å². The highest BCUT2D eigenvalue weighted by molar-refractivity contribution is 7.91. The van der Waals surface area contributed by atoms with Crippen molar-refractivity contribution in [3.05, 3.63) is 23.9 Å². The third-order valence-corrected chi connectivity index (χ3v) is 6.49. The third kappa shape index (κ3) is 4.05. The van der Waals surface area contributed by atoms with E-state index in [1.807, 2.05) is 6.07 Å². The van der Waals surface area contributed by atoms with Gasteiger partial charge in [0.1, 0.15) is 5.82 Å². The van der Waals surface area contributed by atoms with E-state index < -0.39 is 9.84 Å². The number of nitrogens with zero attached hydrogens (tertiary/aromatic N) is 3. The first kappa shape index (κ1) is 17.2. The van der Waals surface area contributed by atoms with E-state index >= 15 is 0 Å². The Labute approximate surface area is 143 Å². The molecule has 1 aromatic heterocycles. The molecule has 7 nitrogen and oxygen atoms in total. The first-order valence-electron chi connectivity index (χ1n) is 8.41. The van der Waals surface area contributed by atoms with E-state index in [9.17, 15) is 13.2 Å². The van der Waals surface area contributed by atoms with E-state index in [-0.39, 0.29) is 23.5 Å². The summed E-state index contributed by atoms with van der Waals surface area (Å²) in [4.78, 5) is 21.2. The van der Waals surface area contributed by atoms with E-state index in [1.54, 1.807) is 12.3 Å². The number of carbonyl (C=O) groups excluding carboxylic acids is 1. The SMILES string of the molecule is CCN1CCN(c2ccc(C(=O)NC3CCS(=O)(=O)C3)cn2)CC1. The number of hydrogen-bond acceptors (Lipinski definition) is 6. The Morgan fingerprint density at radius 2 is 2.04 bits per heavy atom. The summed E-state index contributed by atoms with van der Waals surface area (Å²) in [6.45, 7) is 7.15. The minimum Gasteiger partial charge on any atom is -0.354 e. The van der Waals surface area contributed by atoms with Crippen LogP contribution in [0.1, 0.15) is 23.7 Å². The van der Waals surface area contributed by atoms with Gasteiger partial charge < -0.3 is 15.1 Å². The number of hydrogen-bond donors (Lipinski definition) is 1. The fourth-order valence-electron chi connectivity index (χ4n) is 3.18. The number of aromatic nitrogens is 1. The number of nitrogens with one attached hydrogen (secondary N) is 1. The number of rotatable bonds is 4. The van der Waals surface area contributed by atoms with Crippen molar-refractivity contribution in [2.24, 2.45) is 0 Å². The lowest BCUT2D eigenvalue weighted by atomic mass is 10.2. The summed E-state index contributed by atoms with van der Waals surface area (Å²) in [5.41, 5.74) is 0.468. The van der Waals surface area contributed by atoms with Gasteiger partial charge in [0.2, 0.25) is 0 Å². The minimum atomic E-state index is -2.99. The largest absolute Gasteiger partial charge is 0.354 e. The summed E-state index contributed by atoms with van der Waals surface area (Å²) < 4.78 is 22.9. The van der Waals surface area contributed by atoms with Crippen molar-refractivity contribution in [2.45, 2.75) is 19.4 Å². The lowest BCUT2D eigenvalue weighted by Crippen LogP contribution is -2.46. The van der Waals surface area contributed by atoms with Gasteiger partial charge in [-0.05, 0) is 25.1 Å². The maximum Gasteiger partial charge on any atom is 0.253 e. The highest BCUT2D eigenvalue weighted by Crippen LogP contribution is 2.15. The fourth-order valence-corrected chi connectivity index (χ4v) is 4.85. The molecule has 2 fully saturated rings.